The summed E-state index contributed by atoms with van der Waals surface area (Å²) in [6.45, 7) is 1.58. The Labute approximate surface area is 104 Å². The Kier molecular flexibility index (Phi) is 2.74. The molecule has 1 saturated carbocycles. The number of carboxylic acids is 1. The van der Waals surface area contributed by atoms with Gasteiger partial charge in [-0.15, -0.1) is 0 Å². The summed E-state index contributed by atoms with van der Waals surface area (Å²) in [6, 6.07) is 0. The molecule has 6 heteroatoms. The Hall–Kier alpha value is -1.17. The van der Waals surface area contributed by atoms with Crippen molar-refractivity contribution in [2.24, 2.45) is 5.92 Å². The number of piperidine rings is 1. The van der Waals surface area contributed by atoms with Crippen molar-refractivity contribution in [3.8, 4) is 0 Å². The first-order chi connectivity index (χ1) is 8.24. The first-order valence-electron chi connectivity index (χ1n) is 6.05. The van der Waals surface area contributed by atoms with Crippen LogP contribution in [-0.2, 0) is 4.79 Å². The van der Waals surface area contributed by atoms with E-state index in [-0.39, 0.29) is 5.92 Å². The van der Waals surface area contributed by atoms with Crippen molar-refractivity contribution in [3.05, 3.63) is 5.82 Å². The Morgan fingerprint density at radius 3 is 2.59 bits per heavy atom. The number of hydrogen-bond acceptors (Lipinski definition) is 5. The second-order valence-corrected chi connectivity index (χ2v) is 5.54. The van der Waals surface area contributed by atoms with Gasteiger partial charge in [-0.25, -0.2) is 4.98 Å². The van der Waals surface area contributed by atoms with E-state index in [9.17, 15) is 4.79 Å². The Balaban J connectivity index is 1.63. The van der Waals surface area contributed by atoms with Gasteiger partial charge in [-0.3, -0.25) is 4.79 Å². The Morgan fingerprint density at radius 1 is 1.29 bits per heavy atom. The van der Waals surface area contributed by atoms with Crippen LogP contribution < -0.4 is 4.90 Å². The molecule has 1 aromatic heterocycles. The quantitative estimate of drug-likeness (QED) is 0.888. The van der Waals surface area contributed by atoms with Crippen molar-refractivity contribution >= 4 is 22.6 Å². The van der Waals surface area contributed by atoms with Gasteiger partial charge in [-0.2, -0.15) is 4.37 Å². The SMILES string of the molecule is O=C(O)C1CCN(c2nc(C3CC3)ns2)CC1. The summed E-state index contributed by atoms with van der Waals surface area (Å²) in [6.07, 6.45) is 3.87. The molecule has 0 spiro atoms. The molecule has 2 aliphatic rings. The normalized spacial score (nSPS) is 21.8. The minimum absolute atomic E-state index is 0.179. The number of anilines is 1. The van der Waals surface area contributed by atoms with Crippen LogP contribution in [0.1, 0.15) is 37.4 Å². The van der Waals surface area contributed by atoms with E-state index in [2.05, 4.69) is 14.3 Å². The molecule has 2 fully saturated rings. The second kappa shape index (κ2) is 4.25. The molecular weight excluding hydrogens is 238 g/mol. The molecule has 1 aliphatic carbocycles. The third-order valence-corrected chi connectivity index (χ3v) is 4.28. The van der Waals surface area contributed by atoms with Crippen LogP contribution in [0.3, 0.4) is 0 Å². The van der Waals surface area contributed by atoms with E-state index >= 15 is 0 Å². The predicted molar refractivity (Wildman–Crippen MR) is 64.5 cm³/mol. The molecule has 0 bridgehead atoms. The predicted octanol–water partition coefficient (Wildman–Crippen LogP) is 1.72. The zero-order chi connectivity index (χ0) is 11.8. The third-order valence-electron chi connectivity index (χ3n) is 3.49. The van der Waals surface area contributed by atoms with Crippen LogP contribution in [0.4, 0.5) is 5.13 Å². The molecule has 1 aliphatic heterocycles. The van der Waals surface area contributed by atoms with Crippen LogP contribution in [0.25, 0.3) is 0 Å². The van der Waals surface area contributed by atoms with Crippen molar-refractivity contribution in [2.75, 3.05) is 18.0 Å². The van der Waals surface area contributed by atoms with Crippen LogP contribution in [0.15, 0.2) is 0 Å². The van der Waals surface area contributed by atoms with Gasteiger partial charge in [-0.1, -0.05) is 0 Å². The lowest BCUT2D eigenvalue weighted by molar-refractivity contribution is -0.142. The van der Waals surface area contributed by atoms with Gasteiger partial charge in [0.2, 0.25) is 5.13 Å². The maximum Gasteiger partial charge on any atom is 0.306 e. The molecule has 3 rings (SSSR count). The van der Waals surface area contributed by atoms with Gasteiger partial charge in [0, 0.05) is 30.5 Å². The van der Waals surface area contributed by atoms with Gasteiger partial charge >= 0.3 is 5.97 Å². The number of rotatable bonds is 3. The lowest BCUT2D eigenvalue weighted by atomic mass is 9.98. The molecule has 92 valence electrons. The summed E-state index contributed by atoms with van der Waals surface area (Å²) >= 11 is 1.45. The van der Waals surface area contributed by atoms with Gasteiger partial charge in [-0.05, 0) is 25.7 Å². The number of nitrogens with zero attached hydrogens (tertiary/aromatic N) is 3. The second-order valence-electron chi connectivity index (χ2n) is 4.81. The molecule has 0 unspecified atom stereocenters. The Morgan fingerprint density at radius 2 is 2.00 bits per heavy atom. The van der Waals surface area contributed by atoms with Crippen LogP contribution in [-0.4, -0.2) is 33.5 Å². The Bertz CT molecular complexity index is 422. The minimum Gasteiger partial charge on any atom is -0.481 e. The van der Waals surface area contributed by atoms with Crippen molar-refractivity contribution < 1.29 is 9.90 Å². The highest BCUT2D eigenvalue weighted by Gasteiger charge is 2.30. The first kappa shape index (κ1) is 11.0. The first-order valence-corrected chi connectivity index (χ1v) is 6.83. The fraction of sp³-hybridized carbons (Fsp3) is 0.727. The van der Waals surface area contributed by atoms with E-state index in [1.165, 1.54) is 24.4 Å². The van der Waals surface area contributed by atoms with Crippen molar-refractivity contribution in [1.29, 1.82) is 0 Å². The highest BCUT2D eigenvalue weighted by Crippen LogP contribution is 2.40. The summed E-state index contributed by atoms with van der Waals surface area (Å²) in [5, 5.41) is 9.90. The van der Waals surface area contributed by atoms with Gasteiger partial charge in [0.25, 0.3) is 0 Å². The molecular formula is C11H15N3O2S. The van der Waals surface area contributed by atoms with E-state index in [1.54, 1.807) is 0 Å². The lowest BCUT2D eigenvalue weighted by Crippen LogP contribution is -2.36. The smallest absolute Gasteiger partial charge is 0.306 e. The molecule has 17 heavy (non-hydrogen) atoms. The molecule has 0 radical (unpaired) electrons. The third kappa shape index (κ3) is 2.26. The molecule has 0 amide bonds. The topological polar surface area (TPSA) is 66.3 Å². The molecule has 1 aromatic rings. The average molecular weight is 253 g/mol. The van der Waals surface area contributed by atoms with Gasteiger partial charge in [0.15, 0.2) is 0 Å². The summed E-state index contributed by atoms with van der Waals surface area (Å²) in [7, 11) is 0. The van der Waals surface area contributed by atoms with Gasteiger partial charge < -0.3 is 10.0 Å². The van der Waals surface area contributed by atoms with E-state index in [1.807, 2.05) is 0 Å². The largest absolute Gasteiger partial charge is 0.481 e. The van der Waals surface area contributed by atoms with Gasteiger partial charge in [0.1, 0.15) is 5.82 Å². The number of hydrogen-bond donors (Lipinski definition) is 1. The summed E-state index contributed by atoms with van der Waals surface area (Å²) < 4.78 is 4.38. The number of aliphatic carboxylic acids is 1. The summed E-state index contributed by atoms with van der Waals surface area (Å²) in [4.78, 5) is 17.6. The zero-order valence-corrected chi connectivity index (χ0v) is 10.3. The van der Waals surface area contributed by atoms with Crippen LogP contribution in [0.2, 0.25) is 0 Å². The zero-order valence-electron chi connectivity index (χ0n) is 9.50. The standard InChI is InChI=1S/C11H15N3O2S/c15-10(16)8-3-5-14(6-4-8)11-12-9(13-17-11)7-1-2-7/h7-8H,1-6H2,(H,15,16). The summed E-state index contributed by atoms with van der Waals surface area (Å²) in [5.74, 6) is 0.740. The van der Waals surface area contributed by atoms with Crippen molar-refractivity contribution in [3.63, 3.8) is 0 Å². The fourth-order valence-corrected chi connectivity index (χ4v) is 2.98. The lowest BCUT2D eigenvalue weighted by Gasteiger charge is -2.29. The fourth-order valence-electron chi connectivity index (χ4n) is 2.18. The molecule has 2 heterocycles. The van der Waals surface area contributed by atoms with Gasteiger partial charge in [0.05, 0.1) is 5.92 Å². The highest BCUT2D eigenvalue weighted by atomic mass is 32.1. The maximum absolute atomic E-state index is 10.9. The summed E-state index contributed by atoms with van der Waals surface area (Å²) in [5.41, 5.74) is 0. The molecule has 5 nitrogen and oxygen atoms in total. The minimum atomic E-state index is -0.666. The molecule has 1 N–H and O–H groups in total. The molecule has 0 atom stereocenters. The monoisotopic (exact) mass is 253 g/mol. The number of carboxylic acid groups (broad SMARTS) is 1. The molecule has 0 aromatic carbocycles. The van der Waals surface area contributed by atoms with Crippen LogP contribution >= 0.6 is 11.5 Å². The van der Waals surface area contributed by atoms with Crippen LogP contribution in [0, 0.1) is 5.92 Å². The number of aromatic nitrogens is 2. The average Bonchev–Trinajstić information content (AvgIpc) is 3.07. The molecule has 1 saturated heterocycles. The van der Waals surface area contributed by atoms with E-state index in [0.29, 0.717) is 18.8 Å². The number of carbonyl (C=O) groups is 1. The van der Waals surface area contributed by atoms with E-state index in [4.69, 9.17) is 5.11 Å². The van der Waals surface area contributed by atoms with Crippen molar-refractivity contribution in [2.45, 2.75) is 31.6 Å². The highest BCUT2D eigenvalue weighted by molar-refractivity contribution is 7.09. The van der Waals surface area contributed by atoms with Crippen LogP contribution in [0.5, 0.6) is 0 Å². The maximum atomic E-state index is 10.9. The van der Waals surface area contributed by atoms with Crippen molar-refractivity contribution in [1.82, 2.24) is 9.36 Å². The van der Waals surface area contributed by atoms with E-state index < -0.39 is 5.97 Å². The van der Waals surface area contributed by atoms with E-state index in [0.717, 1.165) is 24.0 Å².